The van der Waals surface area contributed by atoms with Crippen LogP contribution in [0.1, 0.15) is 16.7 Å². The van der Waals surface area contributed by atoms with Gasteiger partial charge in [-0.2, -0.15) is 10.5 Å². The molecule has 0 bridgehead atoms. The normalized spacial score (nSPS) is 9.06. The van der Waals surface area contributed by atoms with Crippen LogP contribution in [0.25, 0.3) is 5.70 Å². The lowest BCUT2D eigenvalue weighted by Crippen LogP contribution is -2.22. The average molecular weight is 247 g/mol. The molecule has 0 heterocycles. The van der Waals surface area contributed by atoms with E-state index >= 15 is 0 Å². The molecule has 0 aliphatic rings. The summed E-state index contributed by atoms with van der Waals surface area (Å²) in [4.78, 5) is 0. The Kier molecular flexibility index (Phi) is 4.12. The fourth-order valence-electron chi connectivity index (χ4n) is 1.51. The second kappa shape index (κ2) is 5.36. The highest BCUT2D eigenvalue weighted by Gasteiger charge is 2.13. The van der Waals surface area contributed by atoms with Gasteiger partial charge >= 0.3 is 0 Å². The molecule has 0 saturated heterocycles. The van der Waals surface area contributed by atoms with E-state index in [0.717, 1.165) is 11.1 Å². The second-order valence-electron chi connectivity index (χ2n) is 3.49. The summed E-state index contributed by atoms with van der Waals surface area (Å²) in [7, 11) is 0. The molecule has 0 aliphatic carbocycles. The molecule has 17 heavy (non-hydrogen) atoms. The molecule has 4 nitrogen and oxygen atoms in total. The maximum atomic E-state index is 8.84. The second-order valence-corrected chi connectivity index (χ2v) is 3.86. The van der Waals surface area contributed by atoms with Gasteiger partial charge in [-0.25, -0.2) is 0 Å². The molecule has 0 fully saturated rings. The highest BCUT2D eigenvalue weighted by molar-refractivity contribution is 6.32. The lowest BCUT2D eigenvalue weighted by atomic mass is 10.0. The van der Waals surface area contributed by atoms with Crippen molar-refractivity contribution < 1.29 is 0 Å². The van der Waals surface area contributed by atoms with E-state index in [4.69, 9.17) is 28.0 Å². The number of benzene rings is 1. The Morgan fingerprint density at radius 1 is 1.29 bits per heavy atom. The van der Waals surface area contributed by atoms with E-state index < -0.39 is 0 Å². The van der Waals surface area contributed by atoms with Crippen molar-refractivity contribution >= 4 is 17.3 Å². The molecule has 0 spiro atoms. The number of hydrazine groups is 1. The minimum Gasteiger partial charge on any atom is -0.322 e. The first-order valence-corrected chi connectivity index (χ1v) is 5.21. The first-order chi connectivity index (χ1) is 8.06. The number of nitrogens with zero attached hydrogens (tertiary/aromatic N) is 2. The van der Waals surface area contributed by atoms with Crippen LogP contribution in [0.4, 0.5) is 0 Å². The van der Waals surface area contributed by atoms with Gasteiger partial charge in [0, 0.05) is 10.6 Å². The summed E-state index contributed by atoms with van der Waals surface area (Å²) in [5.41, 5.74) is 4.96. The van der Waals surface area contributed by atoms with E-state index in [1.165, 1.54) is 0 Å². The van der Waals surface area contributed by atoms with Crippen molar-refractivity contribution in [3.8, 4) is 12.1 Å². The van der Waals surface area contributed by atoms with E-state index in [0.29, 0.717) is 10.6 Å². The Morgan fingerprint density at radius 3 is 2.35 bits per heavy atom. The van der Waals surface area contributed by atoms with Crippen molar-refractivity contribution in [3.05, 3.63) is 39.4 Å². The van der Waals surface area contributed by atoms with Crippen molar-refractivity contribution in [3.63, 3.8) is 0 Å². The quantitative estimate of drug-likeness (QED) is 0.476. The van der Waals surface area contributed by atoms with Gasteiger partial charge in [-0.3, -0.25) is 5.84 Å². The van der Waals surface area contributed by atoms with Crippen LogP contribution in [0, 0.1) is 36.5 Å². The fourth-order valence-corrected chi connectivity index (χ4v) is 1.68. The van der Waals surface area contributed by atoms with Crippen molar-refractivity contribution in [2.45, 2.75) is 13.8 Å². The third kappa shape index (κ3) is 2.39. The minimum absolute atomic E-state index is 0.0736. The fraction of sp³-hybridized carbons (Fsp3) is 0.167. The zero-order valence-electron chi connectivity index (χ0n) is 9.50. The summed E-state index contributed by atoms with van der Waals surface area (Å²) in [5.74, 6) is 5.36. The average Bonchev–Trinajstić information content (AvgIpc) is 2.34. The van der Waals surface area contributed by atoms with Crippen molar-refractivity contribution in [2.24, 2.45) is 5.84 Å². The summed E-state index contributed by atoms with van der Waals surface area (Å²) >= 11 is 6.12. The molecule has 5 heteroatoms. The maximum Gasteiger partial charge on any atom is 0.154 e. The van der Waals surface area contributed by atoms with Gasteiger partial charge in [0.2, 0.25) is 0 Å². The molecule has 0 aromatic heterocycles. The van der Waals surface area contributed by atoms with Crippen LogP contribution in [0.15, 0.2) is 17.7 Å². The van der Waals surface area contributed by atoms with Crippen LogP contribution in [0.2, 0.25) is 5.02 Å². The van der Waals surface area contributed by atoms with Crippen molar-refractivity contribution in [1.29, 1.82) is 10.5 Å². The van der Waals surface area contributed by atoms with Gasteiger partial charge in [0.15, 0.2) is 5.57 Å². The van der Waals surface area contributed by atoms with E-state index in [1.54, 1.807) is 18.2 Å². The van der Waals surface area contributed by atoms with E-state index in [1.807, 2.05) is 19.9 Å². The van der Waals surface area contributed by atoms with Crippen LogP contribution in [0.5, 0.6) is 0 Å². The highest BCUT2D eigenvalue weighted by Crippen LogP contribution is 2.27. The number of hydrogen-bond acceptors (Lipinski definition) is 4. The monoisotopic (exact) mass is 246 g/mol. The topological polar surface area (TPSA) is 85.6 Å². The van der Waals surface area contributed by atoms with Crippen LogP contribution in [0.3, 0.4) is 0 Å². The highest BCUT2D eigenvalue weighted by atomic mass is 35.5. The van der Waals surface area contributed by atoms with E-state index in [-0.39, 0.29) is 11.3 Å². The first-order valence-electron chi connectivity index (χ1n) is 4.84. The number of nitrogens with one attached hydrogen (secondary N) is 1. The number of nitrogens with two attached hydrogens (primary N) is 1. The molecule has 0 unspecified atom stereocenters. The van der Waals surface area contributed by atoms with Crippen LogP contribution < -0.4 is 11.3 Å². The summed E-state index contributed by atoms with van der Waals surface area (Å²) in [5, 5.41) is 18.3. The molecule has 3 N–H and O–H groups in total. The van der Waals surface area contributed by atoms with Gasteiger partial charge in [-0.1, -0.05) is 23.7 Å². The Bertz CT molecular complexity index is 545. The summed E-state index contributed by atoms with van der Waals surface area (Å²) < 4.78 is 0. The largest absolute Gasteiger partial charge is 0.322 e. The number of rotatable bonds is 2. The van der Waals surface area contributed by atoms with Gasteiger partial charge in [0.1, 0.15) is 12.1 Å². The lowest BCUT2D eigenvalue weighted by molar-refractivity contribution is 0.984. The zero-order chi connectivity index (χ0) is 13.0. The molecule has 1 rings (SSSR count). The molecule has 0 amide bonds. The smallest absolute Gasteiger partial charge is 0.154 e. The molecule has 1 aromatic rings. The van der Waals surface area contributed by atoms with Crippen LogP contribution in [-0.2, 0) is 0 Å². The third-order valence-corrected chi connectivity index (χ3v) is 3.05. The van der Waals surface area contributed by atoms with Gasteiger partial charge in [-0.05, 0) is 25.0 Å². The number of nitriles is 2. The summed E-state index contributed by atoms with van der Waals surface area (Å²) in [6.07, 6.45) is 0. The zero-order valence-corrected chi connectivity index (χ0v) is 10.3. The van der Waals surface area contributed by atoms with Crippen molar-refractivity contribution in [1.82, 2.24) is 5.43 Å². The van der Waals surface area contributed by atoms with Crippen LogP contribution in [-0.4, -0.2) is 0 Å². The predicted octanol–water partition coefficient (Wildman–Crippen LogP) is 2.18. The summed E-state index contributed by atoms with van der Waals surface area (Å²) in [6, 6.07) is 7.18. The van der Waals surface area contributed by atoms with Gasteiger partial charge in [-0.15, -0.1) is 0 Å². The van der Waals surface area contributed by atoms with Gasteiger partial charge < -0.3 is 5.43 Å². The predicted molar refractivity (Wildman–Crippen MR) is 66.4 cm³/mol. The molecular formula is C12H11ClN4. The van der Waals surface area contributed by atoms with Crippen LogP contribution >= 0.6 is 11.6 Å². The van der Waals surface area contributed by atoms with Gasteiger partial charge in [0.05, 0.1) is 5.70 Å². The molecule has 0 saturated carbocycles. The first kappa shape index (κ1) is 13.1. The number of aryl methyl sites for hydroxylation is 1. The Balaban J connectivity index is 3.55. The molecule has 0 atom stereocenters. The molecular weight excluding hydrogens is 236 g/mol. The lowest BCUT2D eigenvalue weighted by Gasteiger charge is -2.12. The SMILES string of the molecule is Cc1ccc(C(NN)=C(C#N)C#N)c(C)c1Cl. The van der Waals surface area contributed by atoms with Crippen molar-refractivity contribution in [2.75, 3.05) is 0 Å². The van der Waals surface area contributed by atoms with E-state index in [2.05, 4.69) is 5.43 Å². The standard InChI is InChI=1S/C12H11ClN4/c1-7-3-4-10(8(2)11(7)13)12(17-16)9(5-14)6-15/h3-4,17H,16H2,1-2H3. The molecule has 0 radical (unpaired) electrons. The number of allylic oxidation sites excluding steroid dienone is 1. The number of halogens is 1. The minimum atomic E-state index is -0.0736. The number of hydrogen-bond donors (Lipinski definition) is 2. The molecule has 0 aliphatic heterocycles. The maximum absolute atomic E-state index is 8.84. The van der Waals surface area contributed by atoms with E-state index in [9.17, 15) is 0 Å². The van der Waals surface area contributed by atoms with Gasteiger partial charge in [0.25, 0.3) is 0 Å². The molecule has 1 aromatic carbocycles. The molecule has 86 valence electrons. The Hall–Kier alpha value is -2.01. The summed E-state index contributed by atoms with van der Waals surface area (Å²) in [6.45, 7) is 3.70. The Morgan fingerprint density at radius 2 is 1.88 bits per heavy atom. The Labute approximate surface area is 105 Å². The third-order valence-electron chi connectivity index (χ3n) is 2.47.